The molecule has 0 fully saturated rings. The van der Waals surface area contributed by atoms with Crippen molar-refractivity contribution in [3.63, 3.8) is 0 Å². The molecule has 88 valence electrons. The van der Waals surface area contributed by atoms with Crippen LogP contribution in [-0.4, -0.2) is 4.98 Å². The van der Waals surface area contributed by atoms with Gasteiger partial charge in [-0.1, -0.05) is 11.6 Å². The summed E-state index contributed by atoms with van der Waals surface area (Å²) in [7, 11) is 0. The molecule has 0 saturated heterocycles. The highest BCUT2D eigenvalue weighted by Crippen LogP contribution is 2.22. The summed E-state index contributed by atoms with van der Waals surface area (Å²) >= 11 is 5.68. The van der Waals surface area contributed by atoms with Crippen molar-refractivity contribution in [2.24, 2.45) is 5.73 Å². The molecular formula is C12H9ClF2N2. The van der Waals surface area contributed by atoms with Gasteiger partial charge in [0, 0.05) is 11.8 Å². The first-order valence-corrected chi connectivity index (χ1v) is 5.27. The second kappa shape index (κ2) is 4.77. The number of halogens is 3. The van der Waals surface area contributed by atoms with Crippen molar-refractivity contribution in [2.45, 2.75) is 6.04 Å². The van der Waals surface area contributed by atoms with E-state index >= 15 is 0 Å². The molecule has 0 radical (unpaired) electrons. The SMILES string of the molecule is NC(c1ccc(Cl)cn1)c1cc(F)ccc1F. The summed E-state index contributed by atoms with van der Waals surface area (Å²) in [6.07, 6.45) is 1.41. The van der Waals surface area contributed by atoms with Crippen LogP contribution in [0.2, 0.25) is 5.02 Å². The summed E-state index contributed by atoms with van der Waals surface area (Å²) in [6.45, 7) is 0. The monoisotopic (exact) mass is 254 g/mol. The fourth-order valence-electron chi connectivity index (χ4n) is 1.48. The zero-order chi connectivity index (χ0) is 12.4. The van der Waals surface area contributed by atoms with Gasteiger partial charge in [0.15, 0.2) is 0 Å². The zero-order valence-corrected chi connectivity index (χ0v) is 9.46. The maximum atomic E-state index is 13.5. The number of benzene rings is 1. The minimum Gasteiger partial charge on any atom is -0.319 e. The van der Waals surface area contributed by atoms with E-state index in [1.54, 1.807) is 12.1 Å². The first-order chi connectivity index (χ1) is 8.08. The highest BCUT2D eigenvalue weighted by Gasteiger charge is 2.15. The third-order valence-corrected chi connectivity index (χ3v) is 2.59. The van der Waals surface area contributed by atoms with E-state index in [9.17, 15) is 8.78 Å². The molecule has 0 aliphatic carbocycles. The molecule has 5 heteroatoms. The number of nitrogens with zero attached hydrogens (tertiary/aromatic N) is 1. The largest absolute Gasteiger partial charge is 0.319 e. The summed E-state index contributed by atoms with van der Waals surface area (Å²) in [5.41, 5.74) is 6.32. The molecule has 1 aromatic heterocycles. The maximum Gasteiger partial charge on any atom is 0.128 e. The Morgan fingerprint density at radius 1 is 1.18 bits per heavy atom. The average molecular weight is 255 g/mol. The van der Waals surface area contributed by atoms with Gasteiger partial charge in [-0.3, -0.25) is 4.98 Å². The lowest BCUT2D eigenvalue weighted by Crippen LogP contribution is -2.15. The first kappa shape index (κ1) is 12.0. The standard InChI is InChI=1S/C12H9ClF2N2/c13-7-1-4-11(17-6-7)12(16)9-5-8(14)2-3-10(9)15/h1-6,12H,16H2. The molecule has 0 aliphatic rings. The smallest absolute Gasteiger partial charge is 0.128 e. The fraction of sp³-hybridized carbons (Fsp3) is 0.0833. The number of hydrogen-bond donors (Lipinski definition) is 1. The topological polar surface area (TPSA) is 38.9 Å². The molecule has 0 amide bonds. The maximum absolute atomic E-state index is 13.5. The van der Waals surface area contributed by atoms with Gasteiger partial charge in [-0.15, -0.1) is 0 Å². The van der Waals surface area contributed by atoms with Crippen LogP contribution in [0.15, 0.2) is 36.5 Å². The van der Waals surface area contributed by atoms with Crippen LogP contribution in [-0.2, 0) is 0 Å². The molecule has 17 heavy (non-hydrogen) atoms. The van der Waals surface area contributed by atoms with Gasteiger partial charge in [0.05, 0.1) is 16.8 Å². The van der Waals surface area contributed by atoms with Crippen LogP contribution >= 0.6 is 11.6 Å². The Bertz CT molecular complexity index is 529. The molecule has 1 aromatic carbocycles. The number of nitrogens with two attached hydrogens (primary N) is 1. The molecule has 1 heterocycles. The van der Waals surface area contributed by atoms with Crippen molar-refractivity contribution < 1.29 is 8.78 Å². The summed E-state index contributed by atoms with van der Waals surface area (Å²) in [6, 6.07) is 5.51. The van der Waals surface area contributed by atoms with E-state index in [2.05, 4.69) is 4.98 Å². The second-order valence-electron chi connectivity index (χ2n) is 3.54. The van der Waals surface area contributed by atoms with E-state index in [1.165, 1.54) is 6.20 Å². The predicted molar refractivity (Wildman–Crippen MR) is 61.6 cm³/mol. The molecule has 1 atom stereocenters. The van der Waals surface area contributed by atoms with E-state index in [4.69, 9.17) is 17.3 Å². The van der Waals surface area contributed by atoms with Gasteiger partial charge in [-0.25, -0.2) is 8.78 Å². The van der Waals surface area contributed by atoms with E-state index in [0.29, 0.717) is 10.7 Å². The summed E-state index contributed by atoms with van der Waals surface area (Å²) in [4.78, 5) is 3.98. The highest BCUT2D eigenvalue weighted by atomic mass is 35.5. The molecule has 2 nitrogen and oxygen atoms in total. The summed E-state index contributed by atoms with van der Waals surface area (Å²) < 4.78 is 26.5. The van der Waals surface area contributed by atoms with Crippen LogP contribution in [0, 0.1) is 11.6 Å². The lowest BCUT2D eigenvalue weighted by atomic mass is 10.0. The van der Waals surface area contributed by atoms with E-state index in [-0.39, 0.29) is 5.56 Å². The lowest BCUT2D eigenvalue weighted by molar-refractivity contribution is 0.575. The number of aromatic nitrogens is 1. The van der Waals surface area contributed by atoms with Gasteiger partial charge in [0.25, 0.3) is 0 Å². The predicted octanol–water partition coefficient (Wildman–Crippen LogP) is 3.06. The molecule has 0 spiro atoms. The number of hydrogen-bond acceptors (Lipinski definition) is 2. The van der Waals surface area contributed by atoms with Crippen molar-refractivity contribution in [1.29, 1.82) is 0 Å². The van der Waals surface area contributed by atoms with Crippen LogP contribution in [0.5, 0.6) is 0 Å². The van der Waals surface area contributed by atoms with E-state index in [0.717, 1.165) is 18.2 Å². The molecule has 1 unspecified atom stereocenters. The number of pyridine rings is 1. The van der Waals surface area contributed by atoms with Crippen LogP contribution in [0.4, 0.5) is 8.78 Å². The number of rotatable bonds is 2. The Hall–Kier alpha value is -1.52. The molecule has 0 bridgehead atoms. The van der Waals surface area contributed by atoms with Crippen LogP contribution < -0.4 is 5.73 Å². The van der Waals surface area contributed by atoms with Crippen LogP contribution in [0.25, 0.3) is 0 Å². The Balaban J connectivity index is 2.39. The Labute approximate surface area is 102 Å². The molecule has 2 N–H and O–H groups in total. The van der Waals surface area contributed by atoms with Crippen molar-refractivity contribution in [2.75, 3.05) is 0 Å². The first-order valence-electron chi connectivity index (χ1n) is 4.90. The van der Waals surface area contributed by atoms with E-state index < -0.39 is 17.7 Å². The minimum absolute atomic E-state index is 0.0693. The van der Waals surface area contributed by atoms with Gasteiger partial charge >= 0.3 is 0 Å². The summed E-state index contributed by atoms with van der Waals surface area (Å²) in [5, 5.41) is 0.459. The zero-order valence-electron chi connectivity index (χ0n) is 8.70. The van der Waals surface area contributed by atoms with Gasteiger partial charge in [-0.05, 0) is 30.3 Å². The molecule has 2 rings (SSSR count). The van der Waals surface area contributed by atoms with Crippen LogP contribution in [0.3, 0.4) is 0 Å². The van der Waals surface area contributed by atoms with Crippen molar-refractivity contribution in [3.05, 3.63) is 64.4 Å². The molecular weight excluding hydrogens is 246 g/mol. The quantitative estimate of drug-likeness (QED) is 0.895. The Kier molecular flexibility index (Phi) is 3.36. The van der Waals surface area contributed by atoms with E-state index in [1.807, 2.05) is 0 Å². The minimum atomic E-state index is -0.817. The molecule has 0 aliphatic heterocycles. The Morgan fingerprint density at radius 2 is 1.94 bits per heavy atom. The van der Waals surface area contributed by atoms with Crippen LogP contribution in [0.1, 0.15) is 17.3 Å². The third-order valence-electron chi connectivity index (χ3n) is 2.36. The fourth-order valence-corrected chi connectivity index (χ4v) is 1.60. The van der Waals surface area contributed by atoms with Crippen molar-refractivity contribution in [1.82, 2.24) is 4.98 Å². The van der Waals surface area contributed by atoms with Crippen molar-refractivity contribution >= 4 is 11.6 Å². The van der Waals surface area contributed by atoms with Gasteiger partial charge in [-0.2, -0.15) is 0 Å². The Morgan fingerprint density at radius 3 is 2.59 bits per heavy atom. The average Bonchev–Trinajstić information content (AvgIpc) is 2.32. The normalized spacial score (nSPS) is 12.5. The lowest BCUT2D eigenvalue weighted by Gasteiger charge is -2.12. The molecule has 0 saturated carbocycles. The van der Waals surface area contributed by atoms with Gasteiger partial charge in [0.2, 0.25) is 0 Å². The molecule has 2 aromatic rings. The second-order valence-corrected chi connectivity index (χ2v) is 3.98. The van der Waals surface area contributed by atoms with Gasteiger partial charge in [0.1, 0.15) is 11.6 Å². The van der Waals surface area contributed by atoms with Crippen molar-refractivity contribution in [3.8, 4) is 0 Å². The summed E-state index contributed by atoms with van der Waals surface area (Å²) in [5.74, 6) is -1.10. The highest BCUT2D eigenvalue weighted by molar-refractivity contribution is 6.30. The van der Waals surface area contributed by atoms with Gasteiger partial charge < -0.3 is 5.73 Å². The third kappa shape index (κ3) is 2.60.